The Morgan fingerprint density at radius 1 is 1.32 bits per heavy atom. The Morgan fingerprint density at radius 3 is 3.05 bits per heavy atom. The van der Waals surface area contributed by atoms with E-state index in [1.807, 2.05) is 25.3 Å². The Kier molecular flexibility index (Phi) is 3.27. The molecule has 0 spiro atoms. The molecule has 0 saturated carbocycles. The smallest absolute Gasteiger partial charge is 0.145 e. The third kappa shape index (κ3) is 2.81. The number of aryl methyl sites for hydroxylation is 1. The van der Waals surface area contributed by atoms with Crippen LogP contribution in [-0.4, -0.2) is 34.1 Å². The van der Waals surface area contributed by atoms with Crippen LogP contribution in [0.5, 0.6) is 0 Å². The first-order valence-corrected chi connectivity index (χ1v) is 6.52. The van der Waals surface area contributed by atoms with Gasteiger partial charge in [0.1, 0.15) is 11.6 Å². The molecule has 1 aliphatic heterocycles. The maximum absolute atomic E-state index is 4.43. The third-order valence-corrected chi connectivity index (χ3v) is 3.27. The van der Waals surface area contributed by atoms with Crippen LogP contribution in [0.2, 0.25) is 0 Å². The van der Waals surface area contributed by atoms with E-state index in [-0.39, 0.29) is 0 Å². The fraction of sp³-hybridized carbons (Fsp3) is 0.357. The third-order valence-electron chi connectivity index (χ3n) is 3.27. The standard InChI is InChI=1S/C14H17N5/c1-11-8-15-9-13(17-11)18-12-5-7-19(10-12)14-4-2-3-6-16-14/h2-4,6,8-9,12H,5,7,10H2,1H3,(H,17,18). The highest BCUT2D eigenvalue weighted by molar-refractivity contribution is 5.42. The van der Waals surface area contributed by atoms with Crippen molar-refractivity contribution < 1.29 is 0 Å². The number of anilines is 2. The Hall–Kier alpha value is -2.17. The number of pyridine rings is 1. The van der Waals surface area contributed by atoms with Crippen molar-refractivity contribution in [2.24, 2.45) is 0 Å². The summed E-state index contributed by atoms with van der Waals surface area (Å²) in [5, 5.41) is 3.44. The molecule has 1 N–H and O–H groups in total. The van der Waals surface area contributed by atoms with Crippen molar-refractivity contribution in [1.82, 2.24) is 15.0 Å². The zero-order valence-electron chi connectivity index (χ0n) is 11.0. The normalized spacial score (nSPS) is 18.6. The molecule has 3 heterocycles. The molecule has 19 heavy (non-hydrogen) atoms. The second-order valence-electron chi connectivity index (χ2n) is 4.81. The highest BCUT2D eigenvalue weighted by Crippen LogP contribution is 2.19. The molecular weight excluding hydrogens is 238 g/mol. The zero-order valence-corrected chi connectivity index (χ0v) is 11.0. The molecule has 1 fully saturated rings. The summed E-state index contributed by atoms with van der Waals surface area (Å²) in [5.41, 5.74) is 0.935. The van der Waals surface area contributed by atoms with Crippen LogP contribution in [0.3, 0.4) is 0 Å². The van der Waals surface area contributed by atoms with Gasteiger partial charge >= 0.3 is 0 Å². The van der Waals surface area contributed by atoms with E-state index in [2.05, 4.69) is 31.2 Å². The molecule has 2 aromatic heterocycles. The van der Waals surface area contributed by atoms with Gasteiger partial charge in [0, 0.05) is 31.5 Å². The van der Waals surface area contributed by atoms with Gasteiger partial charge in [0.2, 0.25) is 0 Å². The van der Waals surface area contributed by atoms with Gasteiger partial charge in [0.05, 0.1) is 11.9 Å². The predicted molar refractivity (Wildman–Crippen MR) is 75.2 cm³/mol. The summed E-state index contributed by atoms with van der Waals surface area (Å²) < 4.78 is 0. The van der Waals surface area contributed by atoms with Gasteiger partial charge in [-0.25, -0.2) is 9.97 Å². The minimum absolute atomic E-state index is 0.401. The van der Waals surface area contributed by atoms with Crippen molar-refractivity contribution in [1.29, 1.82) is 0 Å². The Labute approximate surface area is 112 Å². The van der Waals surface area contributed by atoms with Crippen molar-refractivity contribution >= 4 is 11.6 Å². The van der Waals surface area contributed by atoms with Gasteiger partial charge in [-0.05, 0) is 25.5 Å². The van der Waals surface area contributed by atoms with Gasteiger partial charge in [0.25, 0.3) is 0 Å². The van der Waals surface area contributed by atoms with Gasteiger partial charge in [0.15, 0.2) is 0 Å². The highest BCUT2D eigenvalue weighted by atomic mass is 15.2. The summed E-state index contributed by atoms with van der Waals surface area (Å²) in [4.78, 5) is 15.3. The zero-order chi connectivity index (χ0) is 13.1. The van der Waals surface area contributed by atoms with Gasteiger partial charge in [-0.15, -0.1) is 0 Å². The van der Waals surface area contributed by atoms with E-state index in [1.54, 1.807) is 12.4 Å². The Morgan fingerprint density at radius 2 is 2.26 bits per heavy atom. The molecule has 5 heteroatoms. The molecule has 0 radical (unpaired) electrons. The number of nitrogens with one attached hydrogen (secondary N) is 1. The number of hydrogen-bond donors (Lipinski definition) is 1. The van der Waals surface area contributed by atoms with Crippen molar-refractivity contribution in [3.63, 3.8) is 0 Å². The van der Waals surface area contributed by atoms with Crippen LogP contribution >= 0.6 is 0 Å². The van der Waals surface area contributed by atoms with Crippen LogP contribution in [0, 0.1) is 6.92 Å². The molecule has 1 aliphatic rings. The topological polar surface area (TPSA) is 53.9 Å². The van der Waals surface area contributed by atoms with Crippen LogP contribution in [0.15, 0.2) is 36.8 Å². The van der Waals surface area contributed by atoms with E-state index in [4.69, 9.17) is 0 Å². The van der Waals surface area contributed by atoms with Crippen molar-refractivity contribution in [3.05, 3.63) is 42.5 Å². The average molecular weight is 255 g/mol. The SMILES string of the molecule is Cc1cncc(NC2CCN(c3ccccn3)C2)n1. The van der Waals surface area contributed by atoms with Gasteiger partial charge in [-0.2, -0.15) is 0 Å². The number of aromatic nitrogens is 3. The molecule has 1 saturated heterocycles. The summed E-state index contributed by atoms with van der Waals surface area (Å²) >= 11 is 0. The first-order valence-electron chi connectivity index (χ1n) is 6.52. The largest absolute Gasteiger partial charge is 0.364 e. The van der Waals surface area contributed by atoms with Crippen LogP contribution < -0.4 is 10.2 Å². The van der Waals surface area contributed by atoms with E-state index >= 15 is 0 Å². The minimum Gasteiger partial charge on any atom is -0.364 e. The maximum atomic E-state index is 4.43. The lowest BCUT2D eigenvalue weighted by Crippen LogP contribution is -2.26. The van der Waals surface area contributed by atoms with E-state index in [1.165, 1.54) is 0 Å². The lowest BCUT2D eigenvalue weighted by atomic mass is 10.2. The van der Waals surface area contributed by atoms with Crippen LogP contribution in [-0.2, 0) is 0 Å². The molecule has 98 valence electrons. The summed E-state index contributed by atoms with van der Waals surface area (Å²) in [6.07, 6.45) is 6.46. The summed E-state index contributed by atoms with van der Waals surface area (Å²) in [6, 6.07) is 6.42. The van der Waals surface area contributed by atoms with E-state index in [0.29, 0.717) is 6.04 Å². The maximum Gasteiger partial charge on any atom is 0.145 e. The molecule has 3 rings (SSSR count). The first kappa shape index (κ1) is 11.9. The summed E-state index contributed by atoms with van der Waals surface area (Å²) in [7, 11) is 0. The second-order valence-corrected chi connectivity index (χ2v) is 4.81. The van der Waals surface area contributed by atoms with Gasteiger partial charge < -0.3 is 10.2 Å². The molecule has 2 aromatic rings. The molecule has 0 amide bonds. The number of hydrogen-bond acceptors (Lipinski definition) is 5. The van der Waals surface area contributed by atoms with Crippen molar-refractivity contribution in [2.45, 2.75) is 19.4 Å². The lowest BCUT2D eigenvalue weighted by molar-refractivity contribution is 0.796. The molecule has 1 atom stereocenters. The molecule has 5 nitrogen and oxygen atoms in total. The molecule has 0 bridgehead atoms. The Bertz CT molecular complexity index is 543. The summed E-state index contributed by atoms with van der Waals surface area (Å²) in [6.45, 7) is 3.92. The molecule has 1 unspecified atom stereocenters. The molecule has 0 aromatic carbocycles. The lowest BCUT2D eigenvalue weighted by Gasteiger charge is -2.17. The van der Waals surface area contributed by atoms with Crippen molar-refractivity contribution in [2.75, 3.05) is 23.3 Å². The fourth-order valence-corrected chi connectivity index (χ4v) is 2.37. The average Bonchev–Trinajstić information content (AvgIpc) is 2.88. The van der Waals surface area contributed by atoms with Crippen LogP contribution in [0.1, 0.15) is 12.1 Å². The second kappa shape index (κ2) is 5.22. The molecule has 0 aliphatic carbocycles. The highest BCUT2D eigenvalue weighted by Gasteiger charge is 2.23. The first-order chi connectivity index (χ1) is 9.31. The van der Waals surface area contributed by atoms with Gasteiger partial charge in [-0.3, -0.25) is 4.98 Å². The van der Waals surface area contributed by atoms with E-state index < -0.39 is 0 Å². The molecular formula is C14H17N5. The van der Waals surface area contributed by atoms with Crippen LogP contribution in [0.25, 0.3) is 0 Å². The monoisotopic (exact) mass is 255 g/mol. The van der Waals surface area contributed by atoms with Gasteiger partial charge in [-0.1, -0.05) is 6.07 Å². The fourth-order valence-electron chi connectivity index (χ4n) is 2.37. The number of rotatable bonds is 3. The van der Waals surface area contributed by atoms with Crippen LogP contribution in [0.4, 0.5) is 11.6 Å². The Balaban J connectivity index is 1.63. The predicted octanol–water partition coefficient (Wildman–Crippen LogP) is 1.87. The minimum atomic E-state index is 0.401. The quantitative estimate of drug-likeness (QED) is 0.907. The van der Waals surface area contributed by atoms with E-state index in [9.17, 15) is 0 Å². The van der Waals surface area contributed by atoms with Crippen molar-refractivity contribution in [3.8, 4) is 0 Å². The summed E-state index contributed by atoms with van der Waals surface area (Å²) in [5.74, 6) is 1.90. The van der Waals surface area contributed by atoms with E-state index in [0.717, 1.165) is 36.8 Å². The number of nitrogens with zero attached hydrogens (tertiary/aromatic N) is 4.